The van der Waals surface area contributed by atoms with Gasteiger partial charge in [-0.3, -0.25) is 9.59 Å². The van der Waals surface area contributed by atoms with E-state index in [2.05, 4.69) is 15.6 Å². The van der Waals surface area contributed by atoms with Gasteiger partial charge in [-0.1, -0.05) is 13.8 Å². The van der Waals surface area contributed by atoms with Crippen molar-refractivity contribution >= 4 is 23.2 Å². The Morgan fingerprint density at radius 3 is 2.52 bits per heavy atom. The maximum absolute atomic E-state index is 12.4. The van der Waals surface area contributed by atoms with Gasteiger partial charge in [0.05, 0.1) is 17.6 Å². The van der Waals surface area contributed by atoms with E-state index in [9.17, 15) is 22.8 Å². The normalized spacial score (nSPS) is 13.0. The van der Waals surface area contributed by atoms with E-state index < -0.39 is 29.7 Å². The first kappa shape index (κ1) is 19.4. The van der Waals surface area contributed by atoms with Crippen LogP contribution in [0.5, 0.6) is 0 Å². The minimum Gasteiger partial charge on any atom is -0.354 e. The summed E-state index contributed by atoms with van der Waals surface area (Å²) in [4.78, 5) is 26.5. The Hall–Kier alpha value is -1.68. The summed E-state index contributed by atoms with van der Waals surface area (Å²) >= 11 is 0.885. The van der Waals surface area contributed by atoms with E-state index >= 15 is 0 Å². The smallest absolute Gasteiger partial charge is 0.354 e. The molecule has 0 unspecified atom stereocenters. The molecule has 0 aliphatic carbocycles. The second-order valence-electron chi connectivity index (χ2n) is 5.21. The molecule has 2 amide bonds. The lowest BCUT2D eigenvalue weighted by Gasteiger charge is -2.15. The van der Waals surface area contributed by atoms with Crippen molar-refractivity contribution in [3.05, 3.63) is 16.1 Å². The van der Waals surface area contributed by atoms with Crippen LogP contribution in [0.4, 0.5) is 13.2 Å². The van der Waals surface area contributed by atoms with Crippen LogP contribution >= 0.6 is 11.3 Å². The zero-order valence-electron chi connectivity index (χ0n) is 12.7. The molecule has 0 saturated heterocycles. The number of amides is 2. The molecule has 130 valence electrons. The highest BCUT2D eigenvalue weighted by Crippen LogP contribution is 2.29. The van der Waals surface area contributed by atoms with Crippen LogP contribution in [-0.4, -0.2) is 35.9 Å². The Morgan fingerprint density at radius 2 is 2.00 bits per heavy atom. The van der Waals surface area contributed by atoms with Gasteiger partial charge in [0, 0.05) is 18.3 Å². The summed E-state index contributed by atoms with van der Waals surface area (Å²) in [6.07, 6.45) is -4.27. The van der Waals surface area contributed by atoms with Crippen LogP contribution in [0.2, 0.25) is 0 Å². The zero-order valence-corrected chi connectivity index (χ0v) is 13.6. The predicted octanol–water partition coefficient (Wildman–Crippen LogP) is 0.920. The predicted molar refractivity (Wildman–Crippen MR) is 79.7 cm³/mol. The monoisotopic (exact) mass is 352 g/mol. The molecular weight excluding hydrogens is 333 g/mol. The number of rotatable bonds is 7. The fraction of sp³-hybridized carbons (Fsp3) is 0.615. The fourth-order valence-electron chi connectivity index (χ4n) is 1.52. The third kappa shape index (κ3) is 6.53. The Kier molecular flexibility index (Phi) is 6.95. The number of carbonyl (C=O) groups excluding carboxylic acids is 2. The van der Waals surface area contributed by atoms with Crippen molar-refractivity contribution in [2.75, 3.05) is 13.1 Å². The summed E-state index contributed by atoms with van der Waals surface area (Å²) < 4.78 is 37.1. The first-order valence-electron chi connectivity index (χ1n) is 6.93. The highest BCUT2D eigenvalue weighted by atomic mass is 32.1. The van der Waals surface area contributed by atoms with Crippen molar-refractivity contribution in [2.45, 2.75) is 32.5 Å². The first-order chi connectivity index (χ1) is 10.6. The number of nitrogens with two attached hydrogens (primary N) is 1. The van der Waals surface area contributed by atoms with Crippen LogP contribution in [-0.2, 0) is 22.2 Å². The second kappa shape index (κ2) is 8.25. The van der Waals surface area contributed by atoms with Gasteiger partial charge < -0.3 is 16.4 Å². The third-order valence-electron chi connectivity index (χ3n) is 2.95. The molecule has 1 aromatic rings. The SMILES string of the molecule is CC(C)[C@H](N)C(=O)NCC(=O)NCCc1nc(C(F)(F)F)cs1. The number of aromatic nitrogens is 1. The zero-order chi connectivity index (χ0) is 17.6. The second-order valence-corrected chi connectivity index (χ2v) is 6.15. The molecule has 0 aliphatic heterocycles. The summed E-state index contributed by atoms with van der Waals surface area (Å²) in [6.45, 7) is 3.47. The Morgan fingerprint density at radius 1 is 1.35 bits per heavy atom. The highest BCUT2D eigenvalue weighted by molar-refractivity contribution is 7.09. The van der Waals surface area contributed by atoms with Crippen LogP contribution in [0.25, 0.3) is 0 Å². The van der Waals surface area contributed by atoms with Gasteiger partial charge in [-0.05, 0) is 5.92 Å². The number of hydrogen-bond donors (Lipinski definition) is 3. The number of nitrogens with one attached hydrogen (secondary N) is 2. The minimum atomic E-state index is -4.46. The van der Waals surface area contributed by atoms with E-state index in [-0.39, 0.29) is 30.4 Å². The summed E-state index contributed by atoms with van der Waals surface area (Å²) in [6, 6.07) is -0.695. The molecule has 0 bridgehead atoms. The molecule has 0 radical (unpaired) electrons. The largest absolute Gasteiger partial charge is 0.434 e. The molecular formula is C13H19F3N4O2S. The Balaban J connectivity index is 2.29. The van der Waals surface area contributed by atoms with Gasteiger partial charge in [0.15, 0.2) is 5.69 Å². The molecule has 0 aliphatic rings. The van der Waals surface area contributed by atoms with Crippen molar-refractivity contribution in [3.63, 3.8) is 0 Å². The van der Waals surface area contributed by atoms with Gasteiger partial charge in [0.2, 0.25) is 11.8 Å². The molecule has 10 heteroatoms. The molecule has 0 fully saturated rings. The van der Waals surface area contributed by atoms with Gasteiger partial charge in [0.25, 0.3) is 0 Å². The maximum Gasteiger partial charge on any atom is 0.434 e. The van der Waals surface area contributed by atoms with Crippen LogP contribution in [0.1, 0.15) is 24.5 Å². The quantitative estimate of drug-likeness (QED) is 0.680. The molecule has 1 aromatic heterocycles. The molecule has 1 heterocycles. The van der Waals surface area contributed by atoms with Crippen LogP contribution in [0.15, 0.2) is 5.38 Å². The van der Waals surface area contributed by atoms with Crippen LogP contribution in [0, 0.1) is 5.92 Å². The summed E-state index contributed by atoms with van der Waals surface area (Å²) in [5.41, 5.74) is 4.69. The van der Waals surface area contributed by atoms with Gasteiger partial charge in [0.1, 0.15) is 0 Å². The van der Waals surface area contributed by atoms with Gasteiger partial charge in [-0.2, -0.15) is 13.2 Å². The number of halogens is 3. The summed E-state index contributed by atoms with van der Waals surface area (Å²) in [5.74, 6) is -0.919. The molecule has 23 heavy (non-hydrogen) atoms. The Labute approximate surface area is 135 Å². The topological polar surface area (TPSA) is 97.1 Å². The van der Waals surface area contributed by atoms with Crippen molar-refractivity contribution in [1.29, 1.82) is 0 Å². The van der Waals surface area contributed by atoms with Crippen molar-refractivity contribution in [3.8, 4) is 0 Å². The van der Waals surface area contributed by atoms with E-state index in [1.54, 1.807) is 13.8 Å². The van der Waals surface area contributed by atoms with Crippen LogP contribution in [0.3, 0.4) is 0 Å². The van der Waals surface area contributed by atoms with E-state index in [0.717, 1.165) is 16.7 Å². The number of alkyl halides is 3. The van der Waals surface area contributed by atoms with Gasteiger partial charge in [-0.25, -0.2) is 4.98 Å². The van der Waals surface area contributed by atoms with E-state index in [1.165, 1.54) is 0 Å². The molecule has 4 N–H and O–H groups in total. The van der Waals surface area contributed by atoms with E-state index in [4.69, 9.17) is 5.73 Å². The molecule has 0 aromatic carbocycles. The minimum absolute atomic E-state index is 0.0502. The van der Waals surface area contributed by atoms with E-state index in [0.29, 0.717) is 0 Å². The molecule has 1 atom stereocenters. The highest BCUT2D eigenvalue weighted by Gasteiger charge is 2.33. The summed E-state index contributed by atoms with van der Waals surface area (Å²) in [5, 5.41) is 6.11. The standard InChI is InChI=1S/C13H19F3N4O2S/c1-7(2)11(17)12(22)19-5-9(21)18-4-3-10-20-8(6-23-10)13(14,15)16/h6-7,11H,3-5,17H2,1-2H3,(H,18,21)(H,19,22)/t11-/m0/s1. The van der Waals surface area contributed by atoms with Gasteiger partial charge in [-0.15, -0.1) is 11.3 Å². The summed E-state index contributed by atoms with van der Waals surface area (Å²) in [7, 11) is 0. The Bertz CT molecular complexity index is 546. The molecule has 6 nitrogen and oxygen atoms in total. The van der Waals surface area contributed by atoms with Crippen molar-refractivity contribution < 1.29 is 22.8 Å². The number of thiazole rings is 1. The van der Waals surface area contributed by atoms with E-state index in [1.807, 2.05) is 0 Å². The number of hydrogen-bond acceptors (Lipinski definition) is 5. The maximum atomic E-state index is 12.4. The van der Waals surface area contributed by atoms with Crippen molar-refractivity contribution in [1.82, 2.24) is 15.6 Å². The number of carbonyl (C=O) groups is 2. The van der Waals surface area contributed by atoms with Gasteiger partial charge >= 0.3 is 6.18 Å². The molecule has 0 saturated carbocycles. The average Bonchev–Trinajstić information content (AvgIpc) is 2.92. The lowest BCUT2D eigenvalue weighted by atomic mass is 10.1. The van der Waals surface area contributed by atoms with Crippen LogP contribution < -0.4 is 16.4 Å². The molecule has 0 spiro atoms. The molecule has 1 rings (SSSR count). The average molecular weight is 352 g/mol. The third-order valence-corrected chi connectivity index (χ3v) is 3.86. The number of nitrogens with zero attached hydrogens (tertiary/aromatic N) is 1. The lowest BCUT2D eigenvalue weighted by molar-refractivity contribution is -0.140. The fourth-order valence-corrected chi connectivity index (χ4v) is 2.32. The first-order valence-corrected chi connectivity index (χ1v) is 7.80. The van der Waals surface area contributed by atoms with Crippen molar-refractivity contribution in [2.24, 2.45) is 11.7 Å². The lowest BCUT2D eigenvalue weighted by Crippen LogP contribution is -2.47.